The first-order valence-corrected chi connectivity index (χ1v) is 25.6. The van der Waals surface area contributed by atoms with Crippen molar-refractivity contribution >= 4 is 29.1 Å². The second-order valence-electron chi connectivity index (χ2n) is 21.1. The molecular weight excluding hydrogens is 865 g/mol. The van der Waals surface area contributed by atoms with Crippen molar-refractivity contribution in [3.63, 3.8) is 0 Å². The summed E-state index contributed by atoms with van der Waals surface area (Å²) in [7, 11) is 1.97. The van der Waals surface area contributed by atoms with Crippen LogP contribution in [0, 0.1) is 30.6 Å². The minimum absolute atomic E-state index is 0.0801. The number of piperidine rings is 1. The summed E-state index contributed by atoms with van der Waals surface area (Å²) in [5.74, 6) is 2.64. The second-order valence-corrected chi connectivity index (χ2v) is 21.1. The van der Waals surface area contributed by atoms with Gasteiger partial charge in [-0.25, -0.2) is 0 Å². The first-order valence-electron chi connectivity index (χ1n) is 25.6. The van der Waals surface area contributed by atoms with Gasteiger partial charge in [0, 0.05) is 106 Å². The molecule has 15 heteroatoms. The fourth-order valence-corrected chi connectivity index (χ4v) is 12.6. The molecule has 15 nitrogen and oxygen atoms in total. The van der Waals surface area contributed by atoms with Crippen LogP contribution in [0.15, 0.2) is 54.9 Å². The zero-order valence-corrected chi connectivity index (χ0v) is 40.8. The number of hydrogen-bond donors (Lipinski definition) is 1. The van der Waals surface area contributed by atoms with Crippen LogP contribution in [0.3, 0.4) is 0 Å². The summed E-state index contributed by atoms with van der Waals surface area (Å²) in [5, 5.41) is 31.3. The number of nitrogens with one attached hydrogen (secondary N) is 1. The molecule has 69 heavy (non-hydrogen) atoms. The minimum atomic E-state index is -0.173. The van der Waals surface area contributed by atoms with E-state index in [9.17, 15) is 14.9 Å². The van der Waals surface area contributed by atoms with E-state index in [4.69, 9.17) is 9.84 Å². The third-order valence-electron chi connectivity index (χ3n) is 16.6. The van der Waals surface area contributed by atoms with Gasteiger partial charge in [0.1, 0.15) is 5.75 Å². The fraction of sp³-hybridized carbons (Fsp3) is 0.537. The molecule has 2 aliphatic carbocycles. The highest BCUT2D eigenvalue weighted by Gasteiger charge is 2.47. The number of hydrogen-bond acceptors (Lipinski definition) is 11. The molecule has 0 atom stereocenters. The number of aromatic nitrogens is 6. The van der Waals surface area contributed by atoms with Crippen molar-refractivity contribution in [1.82, 2.24) is 44.9 Å². The van der Waals surface area contributed by atoms with Crippen LogP contribution in [0.2, 0.25) is 0 Å². The Balaban J connectivity index is 0.667. The lowest BCUT2D eigenvalue weighted by Gasteiger charge is -2.55. The topological polar surface area (TPSA) is 154 Å². The van der Waals surface area contributed by atoms with Gasteiger partial charge in [-0.05, 0) is 156 Å². The van der Waals surface area contributed by atoms with Gasteiger partial charge >= 0.3 is 0 Å². The van der Waals surface area contributed by atoms with E-state index in [0.29, 0.717) is 35.3 Å². The van der Waals surface area contributed by atoms with Crippen LogP contribution in [0.1, 0.15) is 128 Å². The van der Waals surface area contributed by atoms with Gasteiger partial charge < -0.3 is 29.7 Å². The number of ether oxygens (including phenoxy) is 1. The Morgan fingerprint density at radius 1 is 0.870 bits per heavy atom. The Morgan fingerprint density at radius 2 is 1.67 bits per heavy atom. The van der Waals surface area contributed by atoms with Crippen molar-refractivity contribution in [1.29, 1.82) is 5.26 Å². The molecule has 0 bridgehead atoms. The molecule has 2 aromatic carbocycles. The van der Waals surface area contributed by atoms with Crippen LogP contribution in [0.25, 0.3) is 11.1 Å². The monoisotopic (exact) mass is 931 g/mol. The maximum Gasteiger partial charge on any atom is 0.272 e. The Kier molecular flexibility index (Phi) is 12.2. The largest absolute Gasteiger partial charge is 0.490 e. The Bertz CT molecular complexity index is 2760. The number of benzene rings is 2. The van der Waals surface area contributed by atoms with E-state index in [1.165, 1.54) is 59.3 Å². The molecule has 360 valence electrons. The van der Waals surface area contributed by atoms with E-state index in [1.807, 2.05) is 60.1 Å². The first-order chi connectivity index (χ1) is 33.5. The highest BCUT2D eigenvalue weighted by Crippen LogP contribution is 2.47. The molecule has 0 radical (unpaired) electrons. The number of carbonyl (C=O) groups excluding carboxylic acids is 2. The highest BCUT2D eigenvalue weighted by molar-refractivity contribution is 5.92. The van der Waals surface area contributed by atoms with Crippen molar-refractivity contribution in [2.45, 2.75) is 135 Å². The third-order valence-corrected chi connectivity index (χ3v) is 16.6. The van der Waals surface area contributed by atoms with E-state index in [2.05, 4.69) is 71.3 Å². The van der Waals surface area contributed by atoms with Crippen LogP contribution < -0.4 is 19.9 Å². The second kappa shape index (κ2) is 18.6. The van der Waals surface area contributed by atoms with Gasteiger partial charge in [0.25, 0.3) is 5.91 Å². The van der Waals surface area contributed by atoms with Crippen LogP contribution in [0.4, 0.5) is 17.3 Å². The Morgan fingerprint density at radius 3 is 2.36 bits per heavy atom. The summed E-state index contributed by atoms with van der Waals surface area (Å²) in [4.78, 5) is 35.5. The Labute approximate surface area is 405 Å². The van der Waals surface area contributed by atoms with Crippen molar-refractivity contribution in [3.8, 4) is 22.9 Å². The molecule has 0 unspecified atom stereocenters. The zero-order valence-electron chi connectivity index (χ0n) is 40.8. The molecule has 1 N–H and O–H groups in total. The van der Waals surface area contributed by atoms with E-state index in [0.717, 1.165) is 126 Å². The van der Waals surface area contributed by atoms with Gasteiger partial charge in [-0.1, -0.05) is 0 Å². The van der Waals surface area contributed by atoms with Gasteiger partial charge in [-0.15, -0.1) is 10.2 Å². The number of anilines is 3. The third kappa shape index (κ3) is 8.97. The van der Waals surface area contributed by atoms with Gasteiger partial charge in [0.15, 0.2) is 17.3 Å². The lowest BCUT2D eigenvalue weighted by atomic mass is 9.67. The average Bonchev–Trinajstić information content (AvgIpc) is 3.97. The predicted octanol–water partition coefficient (Wildman–Crippen LogP) is 7.76. The number of rotatable bonds is 9. The molecule has 6 aliphatic rings. The average molecular weight is 931 g/mol. The van der Waals surface area contributed by atoms with E-state index >= 15 is 0 Å². The quantitative estimate of drug-likeness (QED) is 0.154. The van der Waals surface area contributed by atoms with E-state index < -0.39 is 0 Å². The molecule has 5 aromatic rings. The minimum Gasteiger partial charge on any atom is -0.490 e. The van der Waals surface area contributed by atoms with Crippen LogP contribution in [-0.4, -0.2) is 109 Å². The SMILES string of the molecule is CC(=O)N1CCc2c(c(N3CCCc4cc(-c5cnn(C)c5)c(C)cc43)nn2C2CCN(C3CCC4(CC3)CN(c3ccc(C(=O)NC5CCC(Oc6ccc(C#N)c(C)c6)CC5)nn3)C4)CC2)C1. The summed E-state index contributed by atoms with van der Waals surface area (Å²) < 4.78 is 10.5. The molecule has 2 amide bonds. The van der Waals surface area contributed by atoms with Gasteiger partial charge in [0.05, 0.1) is 36.5 Å². The highest BCUT2D eigenvalue weighted by atomic mass is 16.5. The van der Waals surface area contributed by atoms with E-state index in [1.54, 1.807) is 6.92 Å². The number of fused-ring (bicyclic) bond motifs is 2. The predicted molar refractivity (Wildman–Crippen MR) is 265 cm³/mol. The maximum absolute atomic E-state index is 13.2. The Hall–Kier alpha value is -6.27. The lowest BCUT2D eigenvalue weighted by molar-refractivity contribution is -0.129. The molecule has 1 spiro atoms. The van der Waals surface area contributed by atoms with Crippen LogP contribution in [-0.2, 0) is 31.2 Å². The number of aryl methyl sites for hydroxylation is 4. The number of likely N-dealkylation sites (tertiary alicyclic amines) is 1. The number of carbonyl (C=O) groups is 2. The van der Waals surface area contributed by atoms with Crippen molar-refractivity contribution in [3.05, 3.63) is 94.1 Å². The zero-order chi connectivity index (χ0) is 47.4. The summed E-state index contributed by atoms with van der Waals surface area (Å²) in [6.07, 6.45) is 17.6. The summed E-state index contributed by atoms with van der Waals surface area (Å²) >= 11 is 0. The number of amides is 2. The normalized spacial score (nSPS) is 21.9. The van der Waals surface area contributed by atoms with Crippen LogP contribution >= 0.6 is 0 Å². The number of nitrogens with zero attached hydrogens (tertiary/aromatic N) is 11. The van der Waals surface area contributed by atoms with Gasteiger partial charge in [-0.3, -0.25) is 19.0 Å². The standard InChI is InChI=1S/C54H66N12O3/c1-35-26-45(10-7-39(35)29-55)69-44-11-8-41(9-12-44)57-53(68)48-13-14-51(59-58-48)64-33-54(34-64)20-15-42(16-21-54)62-23-17-43(18-24-62)66-49-19-25-63(37(3)67)32-47(49)52(60-66)65-22-5-6-38-28-46(36(2)27-50(38)65)40-30-56-61(4)31-40/h7,10,13-14,26-28,30-31,41-44H,5-6,8-9,11-12,15-25,32-34H2,1-4H3,(H,57,68). The summed E-state index contributed by atoms with van der Waals surface area (Å²) in [6, 6.07) is 17.4. The molecule has 11 rings (SSSR count). The van der Waals surface area contributed by atoms with Crippen molar-refractivity contribution in [2.75, 3.05) is 49.1 Å². The van der Waals surface area contributed by atoms with Crippen LogP contribution in [0.5, 0.6) is 5.75 Å². The molecule has 2 saturated carbocycles. The first kappa shape index (κ1) is 45.2. The molecule has 4 aliphatic heterocycles. The van der Waals surface area contributed by atoms with Gasteiger partial charge in [0.2, 0.25) is 5.91 Å². The lowest BCUT2D eigenvalue weighted by Crippen LogP contribution is -2.59. The fourth-order valence-electron chi connectivity index (χ4n) is 12.6. The summed E-state index contributed by atoms with van der Waals surface area (Å²) in [5.41, 5.74) is 11.0. The molecule has 7 heterocycles. The molecular formula is C54H66N12O3. The van der Waals surface area contributed by atoms with Crippen molar-refractivity contribution < 1.29 is 14.3 Å². The van der Waals surface area contributed by atoms with E-state index in [-0.39, 0.29) is 24.0 Å². The number of nitriles is 1. The maximum atomic E-state index is 13.2. The van der Waals surface area contributed by atoms with Gasteiger partial charge in [-0.2, -0.15) is 15.5 Å². The molecule has 3 aromatic heterocycles. The summed E-state index contributed by atoms with van der Waals surface area (Å²) in [6.45, 7) is 12.3. The van der Waals surface area contributed by atoms with Crippen molar-refractivity contribution in [2.24, 2.45) is 12.5 Å². The smallest absolute Gasteiger partial charge is 0.272 e. The molecule has 4 fully saturated rings. The molecule has 2 saturated heterocycles.